The van der Waals surface area contributed by atoms with E-state index in [2.05, 4.69) is 10.5 Å². The van der Waals surface area contributed by atoms with E-state index < -0.39 is 23.9 Å². The molecule has 0 radical (unpaired) electrons. The second-order valence-electron chi connectivity index (χ2n) is 6.82. The van der Waals surface area contributed by atoms with Gasteiger partial charge in [0.1, 0.15) is 5.75 Å². The number of nitrogens with two attached hydrogens (primary N) is 1. The van der Waals surface area contributed by atoms with E-state index in [1.807, 2.05) is 0 Å². The summed E-state index contributed by atoms with van der Waals surface area (Å²) in [6, 6.07) is 8.17. The molecule has 0 aromatic heterocycles. The number of nitrogens with zero attached hydrogens (tertiary/aromatic N) is 1. The third kappa shape index (κ3) is 6.24. The number of ether oxygens (including phenoxy) is 3. The maximum absolute atomic E-state index is 15.3. The lowest BCUT2D eigenvalue weighted by atomic mass is 10.0. The minimum Gasteiger partial charge on any atom is -0.494 e. The highest BCUT2D eigenvalue weighted by Gasteiger charge is 2.29. The number of benzene rings is 2. The molecule has 168 valence electrons. The fraction of sp³-hybridized carbons (Fsp3) is 0.364. The predicted octanol–water partition coefficient (Wildman–Crippen LogP) is 3.82. The van der Waals surface area contributed by atoms with Crippen molar-refractivity contribution in [1.29, 1.82) is 0 Å². The number of hydrogen-bond donors (Lipinski definition) is 3. The number of anilines is 1. The van der Waals surface area contributed by atoms with Crippen LogP contribution in [0.5, 0.6) is 11.5 Å². The molecule has 0 fully saturated rings. The van der Waals surface area contributed by atoms with Crippen molar-refractivity contribution in [3.05, 3.63) is 53.3 Å². The number of oxime groups is 1. The molecule has 2 aromatic rings. The first kappa shape index (κ1) is 23.8. The monoisotopic (exact) mass is 433 g/mol. The Morgan fingerprint density at radius 2 is 1.81 bits per heavy atom. The molecule has 0 heterocycles. The van der Waals surface area contributed by atoms with E-state index in [0.29, 0.717) is 23.6 Å². The minimum absolute atomic E-state index is 0.0186. The van der Waals surface area contributed by atoms with E-state index in [1.54, 1.807) is 52.0 Å². The topological polar surface area (TPSA) is 115 Å². The second-order valence-corrected chi connectivity index (χ2v) is 6.82. The van der Waals surface area contributed by atoms with Crippen molar-refractivity contribution in [2.24, 2.45) is 10.9 Å². The maximum Gasteiger partial charge on any atom is 0.333 e. The Balaban J connectivity index is 2.50. The lowest BCUT2D eigenvalue weighted by Gasteiger charge is -2.22. The highest BCUT2D eigenvalue weighted by Crippen LogP contribution is 2.34. The molecular weight excluding hydrogens is 405 g/mol. The summed E-state index contributed by atoms with van der Waals surface area (Å²) in [5, 5.41) is 14.7. The van der Waals surface area contributed by atoms with Gasteiger partial charge in [0.05, 0.1) is 19.3 Å². The first-order valence-corrected chi connectivity index (χ1v) is 9.94. The molecule has 0 aliphatic rings. The van der Waals surface area contributed by atoms with Gasteiger partial charge in [0.2, 0.25) is 0 Å². The number of hydrogen-bond acceptors (Lipinski definition) is 7. The minimum atomic E-state index is -1.17. The van der Waals surface area contributed by atoms with Crippen molar-refractivity contribution < 1.29 is 28.6 Å². The molecule has 9 heteroatoms. The van der Waals surface area contributed by atoms with Crippen molar-refractivity contribution in [2.45, 2.75) is 39.8 Å². The number of carbonyl (C=O) groups is 1. The number of nitrogens with one attached hydrogen (secondary N) is 1. The van der Waals surface area contributed by atoms with Gasteiger partial charge in [-0.1, -0.05) is 5.16 Å². The van der Waals surface area contributed by atoms with Crippen molar-refractivity contribution in [2.75, 3.05) is 18.5 Å². The quantitative estimate of drug-likeness (QED) is 0.171. The summed E-state index contributed by atoms with van der Waals surface area (Å²) in [5.41, 5.74) is 6.59. The number of rotatable bonds is 10. The van der Waals surface area contributed by atoms with Crippen LogP contribution in [-0.2, 0) is 9.53 Å². The van der Waals surface area contributed by atoms with Crippen LogP contribution < -0.4 is 20.5 Å². The standard InChI is InChI=1S/C22H28FN3O5/c1-5-29-16-11-17(19(23)18(12-16)30-6-2)20(22(27)31-13(3)4)25-15-9-7-14(8-10-15)21(24)26-28/h7-13,20,25,28H,5-6H2,1-4H3,(H2,24,26). The lowest BCUT2D eigenvalue weighted by Crippen LogP contribution is -2.27. The summed E-state index contributed by atoms with van der Waals surface area (Å²) in [7, 11) is 0. The molecule has 1 unspecified atom stereocenters. The summed E-state index contributed by atoms with van der Waals surface area (Å²) in [6.07, 6.45) is -0.399. The summed E-state index contributed by atoms with van der Waals surface area (Å²) < 4.78 is 31.5. The van der Waals surface area contributed by atoms with E-state index in [1.165, 1.54) is 12.1 Å². The molecule has 0 saturated carbocycles. The van der Waals surface area contributed by atoms with Gasteiger partial charge in [-0.3, -0.25) is 0 Å². The van der Waals surface area contributed by atoms with Crippen molar-refractivity contribution in [3.8, 4) is 11.5 Å². The zero-order valence-electron chi connectivity index (χ0n) is 18.0. The van der Waals surface area contributed by atoms with Gasteiger partial charge < -0.3 is 30.5 Å². The van der Waals surface area contributed by atoms with E-state index in [-0.39, 0.29) is 23.8 Å². The third-order valence-corrected chi connectivity index (χ3v) is 4.15. The number of esters is 1. The van der Waals surface area contributed by atoms with Crippen LogP contribution in [-0.4, -0.2) is 36.3 Å². The molecule has 4 N–H and O–H groups in total. The molecule has 0 aliphatic heterocycles. The molecule has 8 nitrogen and oxygen atoms in total. The van der Waals surface area contributed by atoms with Gasteiger partial charge in [0, 0.05) is 22.9 Å². The van der Waals surface area contributed by atoms with Crippen LogP contribution in [0.25, 0.3) is 0 Å². The Morgan fingerprint density at radius 3 is 2.35 bits per heavy atom. The number of carbonyl (C=O) groups excluding carboxylic acids is 1. The van der Waals surface area contributed by atoms with Crippen LogP contribution in [0.3, 0.4) is 0 Å². The van der Waals surface area contributed by atoms with E-state index in [4.69, 9.17) is 25.2 Å². The molecule has 2 rings (SSSR count). The zero-order chi connectivity index (χ0) is 23.0. The smallest absolute Gasteiger partial charge is 0.333 e. The summed E-state index contributed by atoms with van der Waals surface area (Å²) >= 11 is 0. The Bertz CT molecular complexity index is 916. The SMILES string of the molecule is CCOc1cc(OCC)c(F)c(C(Nc2ccc(C(N)=NO)cc2)C(=O)OC(C)C)c1. The number of amidine groups is 1. The average molecular weight is 433 g/mol. The maximum atomic E-state index is 15.3. The van der Waals surface area contributed by atoms with Crippen LogP contribution in [0.1, 0.15) is 44.9 Å². The fourth-order valence-electron chi connectivity index (χ4n) is 2.84. The normalized spacial score (nSPS) is 12.4. The Labute approximate surface area is 180 Å². The highest BCUT2D eigenvalue weighted by molar-refractivity contribution is 5.97. The first-order chi connectivity index (χ1) is 14.8. The van der Waals surface area contributed by atoms with Crippen molar-refractivity contribution in [1.82, 2.24) is 0 Å². The van der Waals surface area contributed by atoms with Gasteiger partial charge >= 0.3 is 5.97 Å². The number of halogens is 1. The van der Waals surface area contributed by atoms with Crippen LogP contribution >= 0.6 is 0 Å². The van der Waals surface area contributed by atoms with Gasteiger partial charge in [0.25, 0.3) is 0 Å². The van der Waals surface area contributed by atoms with Crippen LogP contribution in [0.15, 0.2) is 41.6 Å². The van der Waals surface area contributed by atoms with Crippen LogP contribution in [0, 0.1) is 5.82 Å². The molecule has 0 spiro atoms. The average Bonchev–Trinajstić information content (AvgIpc) is 2.74. The fourth-order valence-corrected chi connectivity index (χ4v) is 2.84. The molecule has 0 bridgehead atoms. The van der Waals surface area contributed by atoms with Crippen LogP contribution in [0.4, 0.5) is 10.1 Å². The second kappa shape index (κ2) is 11.1. The van der Waals surface area contributed by atoms with E-state index in [9.17, 15) is 4.79 Å². The molecule has 1 atom stereocenters. The van der Waals surface area contributed by atoms with Gasteiger partial charge in [-0.05, 0) is 58.0 Å². The first-order valence-electron chi connectivity index (χ1n) is 9.94. The van der Waals surface area contributed by atoms with Gasteiger partial charge in [-0.2, -0.15) is 0 Å². The molecular formula is C22H28FN3O5. The highest BCUT2D eigenvalue weighted by atomic mass is 19.1. The van der Waals surface area contributed by atoms with Gasteiger partial charge in [-0.25, -0.2) is 9.18 Å². The zero-order valence-corrected chi connectivity index (χ0v) is 18.0. The van der Waals surface area contributed by atoms with Gasteiger partial charge in [-0.15, -0.1) is 0 Å². The third-order valence-electron chi connectivity index (χ3n) is 4.15. The molecule has 31 heavy (non-hydrogen) atoms. The lowest BCUT2D eigenvalue weighted by molar-refractivity contribution is -0.148. The summed E-state index contributed by atoms with van der Waals surface area (Å²) in [6.45, 7) is 7.56. The van der Waals surface area contributed by atoms with E-state index in [0.717, 1.165) is 0 Å². The Morgan fingerprint density at radius 1 is 1.16 bits per heavy atom. The predicted molar refractivity (Wildman–Crippen MR) is 115 cm³/mol. The van der Waals surface area contributed by atoms with Crippen LogP contribution in [0.2, 0.25) is 0 Å². The van der Waals surface area contributed by atoms with Crippen molar-refractivity contribution >= 4 is 17.5 Å². The van der Waals surface area contributed by atoms with Crippen molar-refractivity contribution in [3.63, 3.8) is 0 Å². The van der Waals surface area contributed by atoms with Gasteiger partial charge in [0.15, 0.2) is 23.4 Å². The summed E-state index contributed by atoms with van der Waals surface area (Å²) in [5.74, 6) is -1.05. The Hall–Kier alpha value is -3.49. The molecule has 0 aliphatic carbocycles. The van der Waals surface area contributed by atoms with E-state index >= 15 is 4.39 Å². The Kier molecular flexibility index (Phi) is 8.48. The molecule has 0 amide bonds. The molecule has 2 aromatic carbocycles. The molecule has 0 saturated heterocycles. The summed E-state index contributed by atoms with van der Waals surface area (Å²) in [4.78, 5) is 12.9. The largest absolute Gasteiger partial charge is 0.494 e.